The standard InChI is InChI=1S/C30H42FN3O4S/c1-6-27(29(36)32-25-10-8-7-9-11-25)33(20-22-12-16-24(31)17-13-22)28(35)21-34(39(5,37)38)26-18-14-23(15-19-26)30(2,3)4/h12-19,25,27H,6-11,20-21H2,1-5H3,(H,32,36). The average molecular weight is 560 g/mol. The Kier molecular flexibility index (Phi) is 10.2. The molecule has 2 aromatic rings. The van der Waals surface area contributed by atoms with Gasteiger partial charge < -0.3 is 10.2 Å². The van der Waals surface area contributed by atoms with Crippen molar-refractivity contribution in [2.45, 2.75) is 90.3 Å². The lowest BCUT2D eigenvalue weighted by Gasteiger charge is -2.34. The van der Waals surface area contributed by atoms with Crippen molar-refractivity contribution in [1.29, 1.82) is 0 Å². The first-order valence-corrected chi connectivity index (χ1v) is 15.6. The second kappa shape index (κ2) is 12.9. The summed E-state index contributed by atoms with van der Waals surface area (Å²) in [7, 11) is -3.81. The lowest BCUT2D eigenvalue weighted by Crippen LogP contribution is -2.53. The molecule has 2 aromatic carbocycles. The van der Waals surface area contributed by atoms with E-state index in [0.717, 1.165) is 48.2 Å². The molecule has 3 rings (SSSR count). The Morgan fingerprint density at radius 1 is 1.00 bits per heavy atom. The summed E-state index contributed by atoms with van der Waals surface area (Å²) < 4.78 is 40.3. The molecule has 0 bridgehead atoms. The van der Waals surface area contributed by atoms with Gasteiger partial charge in [0.2, 0.25) is 21.8 Å². The highest BCUT2D eigenvalue weighted by Gasteiger charge is 2.33. The van der Waals surface area contributed by atoms with E-state index in [1.54, 1.807) is 24.3 Å². The van der Waals surface area contributed by atoms with Gasteiger partial charge in [-0.2, -0.15) is 0 Å². The fourth-order valence-electron chi connectivity index (χ4n) is 4.99. The van der Waals surface area contributed by atoms with E-state index in [-0.39, 0.29) is 23.9 Å². The zero-order chi connectivity index (χ0) is 28.8. The predicted octanol–water partition coefficient (Wildman–Crippen LogP) is 5.15. The number of rotatable bonds is 10. The van der Waals surface area contributed by atoms with Crippen molar-refractivity contribution in [2.75, 3.05) is 17.1 Å². The molecule has 1 aliphatic rings. The summed E-state index contributed by atoms with van der Waals surface area (Å²) in [6.07, 6.45) is 6.48. The SMILES string of the molecule is CCC(C(=O)NC1CCCCC1)N(Cc1ccc(F)cc1)C(=O)CN(c1ccc(C(C)(C)C)cc1)S(C)(=O)=O. The molecule has 1 aliphatic carbocycles. The summed E-state index contributed by atoms with van der Waals surface area (Å²) in [6.45, 7) is 7.62. The normalized spacial score (nSPS) is 15.4. The van der Waals surface area contributed by atoms with Gasteiger partial charge in [-0.25, -0.2) is 12.8 Å². The highest BCUT2D eigenvalue weighted by atomic mass is 32.2. The van der Waals surface area contributed by atoms with Gasteiger partial charge in [0.25, 0.3) is 0 Å². The molecule has 7 nitrogen and oxygen atoms in total. The van der Waals surface area contributed by atoms with E-state index in [2.05, 4.69) is 26.1 Å². The topological polar surface area (TPSA) is 86.8 Å². The molecule has 1 fully saturated rings. The molecule has 0 spiro atoms. The van der Waals surface area contributed by atoms with Gasteiger partial charge in [0, 0.05) is 12.6 Å². The molecule has 214 valence electrons. The average Bonchev–Trinajstić information content (AvgIpc) is 2.87. The number of carbonyl (C=O) groups excluding carboxylic acids is 2. The van der Waals surface area contributed by atoms with Gasteiger partial charge in [-0.05, 0) is 60.1 Å². The van der Waals surface area contributed by atoms with Gasteiger partial charge >= 0.3 is 0 Å². The van der Waals surface area contributed by atoms with E-state index < -0.39 is 34.3 Å². The van der Waals surface area contributed by atoms with Crippen molar-refractivity contribution in [1.82, 2.24) is 10.2 Å². The van der Waals surface area contributed by atoms with Gasteiger partial charge in [-0.15, -0.1) is 0 Å². The van der Waals surface area contributed by atoms with E-state index in [1.165, 1.54) is 17.0 Å². The van der Waals surface area contributed by atoms with Crippen LogP contribution in [0.25, 0.3) is 0 Å². The Morgan fingerprint density at radius 3 is 2.10 bits per heavy atom. The molecule has 9 heteroatoms. The number of hydrogen-bond acceptors (Lipinski definition) is 4. The zero-order valence-corrected chi connectivity index (χ0v) is 24.6. The van der Waals surface area contributed by atoms with Crippen molar-refractivity contribution >= 4 is 27.5 Å². The van der Waals surface area contributed by atoms with Crippen LogP contribution < -0.4 is 9.62 Å². The van der Waals surface area contributed by atoms with Gasteiger partial charge in [-0.3, -0.25) is 13.9 Å². The number of halogens is 1. The highest BCUT2D eigenvalue weighted by molar-refractivity contribution is 7.92. The molecular formula is C30H42FN3O4S. The third kappa shape index (κ3) is 8.52. The number of hydrogen-bond donors (Lipinski definition) is 1. The van der Waals surface area contributed by atoms with E-state index in [4.69, 9.17) is 0 Å². The maximum atomic E-state index is 13.8. The summed E-state index contributed by atoms with van der Waals surface area (Å²) in [5, 5.41) is 3.11. The predicted molar refractivity (Wildman–Crippen MR) is 153 cm³/mol. The number of nitrogens with one attached hydrogen (secondary N) is 1. The van der Waals surface area contributed by atoms with E-state index in [0.29, 0.717) is 17.7 Å². The number of amides is 2. The van der Waals surface area contributed by atoms with Crippen LogP contribution in [0.2, 0.25) is 0 Å². The molecule has 0 saturated heterocycles. The molecule has 1 unspecified atom stereocenters. The molecule has 0 heterocycles. The second-order valence-electron chi connectivity index (χ2n) is 11.5. The van der Waals surface area contributed by atoms with E-state index in [9.17, 15) is 22.4 Å². The molecular weight excluding hydrogens is 517 g/mol. The molecule has 0 aromatic heterocycles. The molecule has 1 atom stereocenters. The van der Waals surface area contributed by atoms with Crippen molar-refractivity contribution in [3.63, 3.8) is 0 Å². The summed E-state index contributed by atoms with van der Waals surface area (Å²) in [5.41, 5.74) is 1.94. The minimum absolute atomic E-state index is 0.0519. The van der Waals surface area contributed by atoms with Gasteiger partial charge in [0.05, 0.1) is 11.9 Å². The van der Waals surface area contributed by atoms with Gasteiger partial charge in [0.15, 0.2) is 0 Å². The number of carbonyl (C=O) groups is 2. The Morgan fingerprint density at radius 2 is 1.59 bits per heavy atom. The summed E-state index contributed by atoms with van der Waals surface area (Å²) >= 11 is 0. The van der Waals surface area contributed by atoms with Crippen LogP contribution in [0.3, 0.4) is 0 Å². The molecule has 2 amide bonds. The van der Waals surface area contributed by atoms with Crippen molar-refractivity contribution < 1.29 is 22.4 Å². The Hall–Kier alpha value is -2.94. The number of sulfonamides is 1. The largest absolute Gasteiger partial charge is 0.352 e. The third-order valence-corrected chi connectivity index (χ3v) is 8.44. The van der Waals surface area contributed by atoms with Gasteiger partial charge in [0.1, 0.15) is 18.4 Å². The smallest absolute Gasteiger partial charge is 0.244 e. The molecule has 0 radical (unpaired) electrons. The highest BCUT2D eigenvalue weighted by Crippen LogP contribution is 2.26. The summed E-state index contributed by atoms with van der Waals surface area (Å²) in [5.74, 6) is -1.16. The van der Waals surface area contributed by atoms with Crippen LogP contribution in [-0.4, -0.2) is 50.0 Å². The zero-order valence-electron chi connectivity index (χ0n) is 23.7. The Balaban J connectivity index is 1.91. The minimum atomic E-state index is -3.81. The Bertz CT molecular complexity index is 1220. The third-order valence-electron chi connectivity index (χ3n) is 7.30. The summed E-state index contributed by atoms with van der Waals surface area (Å²) in [6, 6.07) is 12.1. The van der Waals surface area contributed by atoms with Crippen LogP contribution >= 0.6 is 0 Å². The maximum Gasteiger partial charge on any atom is 0.244 e. The monoisotopic (exact) mass is 559 g/mol. The molecule has 0 aliphatic heterocycles. The lowest BCUT2D eigenvalue weighted by molar-refractivity contribution is -0.140. The van der Waals surface area contributed by atoms with Crippen molar-refractivity contribution in [3.05, 3.63) is 65.5 Å². The van der Waals surface area contributed by atoms with Gasteiger partial charge in [-0.1, -0.05) is 71.2 Å². The van der Waals surface area contributed by atoms with E-state index in [1.807, 2.05) is 19.1 Å². The number of anilines is 1. The quantitative estimate of drug-likeness (QED) is 0.437. The fourth-order valence-corrected chi connectivity index (χ4v) is 5.84. The molecule has 39 heavy (non-hydrogen) atoms. The van der Waals surface area contributed by atoms with Crippen molar-refractivity contribution in [3.8, 4) is 0 Å². The van der Waals surface area contributed by atoms with Crippen LogP contribution in [-0.2, 0) is 31.6 Å². The fraction of sp³-hybridized carbons (Fsp3) is 0.533. The first kappa shape index (κ1) is 30.6. The van der Waals surface area contributed by atoms with Crippen LogP contribution in [0.5, 0.6) is 0 Å². The lowest BCUT2D eigenvalue weighted by atomic mass is 9.87. The van der Waals surface area contributed by atoms with Crippen LogP contribution in [0, 0.1) is 5.82 Å². The summed E-state index contributed by atoms with van der Waals surface area (Å²) in [4.78, 5) is 28.7. The number of nitrogens with zero attached hydrogens (tertiary/aromatic N) is 2. The minimum Gasteiger partial charge on any atom is -0.352 e. The van der Waals surface area contributed by atoms with Crippen LogP contribution in [0.15, 0.2) is 48.5 Å². The molecule has 1 N–H and O–H groups in total. The maximum absolute atomic E-state index is 13.8. The number of benzene rings is 2. The first-order chi connectivity index (χ1) is 18.3. The van der Waals surface area contributed by atoms with Crippen LogP contribution in [0.1, 0.15) is 77.3 Å². The second-order valence-corrected chi connectivity index (χ2v) is 13.4. The van der Waals surface area contributed by atoms with E-state index >= 15 is 0 Å². The van der Waals surface area contributed by atoms with Crippen molar-refractivity contribution in [2.24, 2.45) is 0 Å². The first-order valence-electron chi connectivity index (χ1n) is 13.7. The Labute approximate surface area is 232 Å². The van der Waals surface area contributed by atoms with Crippen LogP contribution in [0.4, 0.5) is 10.1 Å². The molecule has 1 saturated carbocycles.